The van der Waals surface area contributed by atoms with E-state index in [-0.39, 0.29) is 18.3 Å². The minimum atomic E-state index is -1.19. The molecule has 78 valence electrons. The molecule has 0 aliphatic rings. The van der Waals surface area contributed by atoms with Crippen molar-refractivity contribution in [3.8, 4) is 0 Å². The van der Waals surface area contributed by atoms with E-state index in [4.69, 9.17) is 4.74 Å². The molecule has 0 aromatic heterocycles. The van der Waals surface area contributed by atoms with Crippen LogP contribution in [0.5, 0.6) is 0 Å². The summed E-state index contributed by atoms with van der Waals surface area (Å²) >= 11 is 0. The molecule has 1 rings (SSSR count). The zero-order chi connectivity index (χ0) is 10.7. The lowest BCUT2D eigenvalue weighted by atomic mass is 10.2. The molecule has 4 heteroatoms. The van der Waals surface area contributed by atoms with Crippen LogP contribution in [0.2, 0.25) is 0 Å². The summed E-state index contributed by atoms with van der Waals surface area (Å²) < 4.78 is 43.4. The monoisotopic (exact) mass is 204 g/mol. The molecule has 0 heterocycles. The summed E-state index contributed by atoms with van der Waals surface area (Å²) in [5, 5.41) is 0. The Morgan fingerprint density at radius 1 is 1.21 bits per heavy atom. The highest BCUT2D eigenvalue weighted by Crippen LogP contribution is 2.15. The van der Waals surface area contributed by atoms with Crippen molar-refractivity contribution in [1.82, 2.24) is 0 Å². The molecule has 14 heavy (non-hydrogen) atoms. The van der Waals surface area contributed by atoms with Crippen LogP contribution in [0.15, 0.2) is 12.1 Å². The van der Waals surface area contributed by atoms with Gasteiger partial charge in [0, 0.05) is 11.6 Å². The highest BCUT2D eigenvalue weighted by molar-refractivity contribution is 5.19. The molecule has 0 radical (unpaired) electrons. The lowest BCUT2D eigenvalue weighted by Crippen LogP contribution is -2.05. The summed E-state index contributed by atoms with van der Waals surface area (Å²) in [6.07, 6.45) is -0.110. The Morgan fingerprint density at radius 2 is 1.86 bits per heavy atom. The van der Waals surface area contributed by atoms with E-state index in [0.29, 0.717) is 6.07 Å². The number of rotatable bonds is 3. The fraction of sp³-hybridized carbons (Fsp3) is 0.400. The van der Waals surface area contributed by atoms with Crippen LogP contribution in [0.4, 0.5) is 13.2 Å². The Morgan fingerprint density at radius 3 is 2.43 bits per heavy atom. The predicted octanol–water partition coefficient (Wildman–Crippen LogP) is 3.03. The normalized spacial score (nSPS) is 11.0. The number of hydrogen-bond acceptors (Lipinski definition) is 1. The van der Waals surface area contributed by atoms with Crippen molar-refractivity contribution < 1.29 is 17.9 Å². The second-order valence-electron chi connectivity index (χ2n) is 3.22. The maximum absolute atomic E-state index is 13.0. The average molecular weight is 204 g/mol. The Balaban J connectivity index is 2.85. The van der Waals surface area contributed by atoms with E-state index in [0.717, 1.165) is 6.07 Å². The van der Waals surface area contributed by atoms with Crippen LogP contribution in [0, 0.1) is 17.5 Å². The number of benzene rings is 1. The van der Waals surface area contributed by atoms with E-state index in [9.17, 15) is 13.2 Å². The SMILES string of the molecule is CC(C)OCc1cc(F)cc(F)c1F. The highest BCUT2D eigenvalue weighted by Gasteiger charge is 2.11. The zero-order valence-corrected chi connectivity index (χ0v) is 7.98. The minimum Gasteiger partial charge on any atom is -0.374 e. The first-order valence-electron chi connectivity index (χ1n) is 4.25. The van der Waals surface area contributed by atoms with Gasteiger partial charge in [0.05, 0.1) is 12.7 Å². The van der Waals surface area contributed by atoms with E-state index < -0.39 is 17.5 Å². The van der Waals surface area contributed by atoms with Crippen molar-refractivity contribution >= 4 is 0 Å². The van der Waals surface area contributed by atoms with Crippen LogP contribution in [0.25, 0.3) is 0 Å². The average Bonchev–Trinajstić information content (AvgIpc) is 2.08. The molecule has 0 saturated carbocycles. The van der Waals surface area contributed by atoms with E-state index in [1.54, 1.807) is 13.8 Å². The van der Waals surface area contributed by atoms with Crippen molar-refractivity contribution in [2.24, 2.45) is 0 Å². The fourth-order valence-corrected chi connectivity index (χ4v) is 0.971. The van der Waals surface area contributed by atoms with Crippen LogP contribution in [-0.4, -0.2) is 6.10 Å². The van der Waals surface area contributed by atoms with Crippen molar-refractivity contribution in [2.45, 2.75) is 26.6 Å². The van der Waals surface area contributed by atoms with Crippen LogP contribution >= 0.6 is 0 Å². The Bertz CT molecular complexity index is 323. The Hall–Kier alpha value is -1.03. The molecule has 1 nitrogen and oxygen atoms in total. The second-order valence-corrected chi connectivity index (χ2v) is 3.22. The van der Waals surface area contributed by atoms with Gasteiger partial charge >= 0.3 is 0 Å². The maximum Gasteiger partial charge on any atom is 0.164 e. The molecular weight excluding hydrogens is 193 g/mol. The van der Waals surface area contributed by atoms with Crippen LogP contribution < -0.4 is 0 Å². The highest BCUT2D eigenvalue weighted by atomic mass is 19.2. The summed E-state index contributed by atoms with van der Waals surface area (Å²) in [5.74, 6) is -3.04. The van der Waals surface area contributed by atoms with Gasteiger partial charge in [0.1, 0.15) is 5.82 Å². The molecule has 0 amide bonds. The van der Waals surface area contributed by atoms with Gasteiger partial charge in [-0.1, -0.05) is 0 Å². The van der Waals surface area contributed by atoms with Crippen molar-refractivity contribution in [3.63, 3.8) is 0 Å². The van der Waals surface area contributed by atoms with E-state index in [1.807, 2.05) is 0 Å². The van der Waals surface area contributed by atoms with E-state index >= 15 is 0 Å². The molecular formula is C10H11F3O. The first kappa shape index (κ1) is 11.0. The smallest absolute Gasteiger partial charge is 0.164 e. The molecule has 0 N–H and O–H groups in total. The third-order valence-corrected chi connectivity index (χ3v) is 1.64. The van der Waals surface area contributed by atoms with Crippen LogP contribution in [-0.2, 0) is 11.3 Å². The molecule has 0 atom stereocenters. The van der Waals surface area contributed by atoms with Gasteiger partial charge < -0.3 is 4.74 Å². The van der Waals surface area contributed by atoms with Crippen LogP contribution in [0.3, 0.4) is 0 Å². The lowest BCUT2D eigenvalue weighted by Gasteiger charge is -2.08. The van der Waals surface area contributed by atoms with Gasteiger partial charge in [-0.05, 0) is 19.9 Å². The lowest BCUT2D eigenvalue weighted by molar-refractivity contribution is 0.0633. The largest absolute Gasteiger partial charge is 0.374 e. The van der Waals surface area contributed by atoms with Gasteiger partial charge in [-0.2, -0.15) is 0 Å². The summed E-state index contributed by atoms with van der Waals surface area (Å²) in [5.41, 5.74) is -0.101. The second kappa shape index (κ2) is 4.46. The van der Waals surface area contributed by atoms with E-state index in [2.05, 4.69) is 0 Å². The van der Waals surface area contributed by atoms with Gasteiger partial charge in [0.15, 0.2) is 11.6 Å². The molecule has 1 aromatic carbocycles. The number of ether oxygens (including phenoxy) is 1. The van der Waals surface area contributed by atoms with E-state index in [1.165, 1.54) is 0 Å². The molecule has 0 unspecified atom stereocenters. The Labute approximate surface area is 80.5 Å². The van der Waals surface area contributed by atoms with Gasteiger partial charge in [-0.25, -0.2) is 13.2 Å². The first-order valence-corrected chi connectivity index (χ1v) is 4.25. The van der Waals surface area contributed by atoms with Gasteiger partial charge in [0.2, 0.25) is 0 Å². The van der Waals surface area contributed by atoms with Gasteiger partial charge in [-0.3, -0.25) is 0 Å². The third kappa shape index (κ3) is 2.73. The minimum absolute atomic E-state index is 0.101. The topological polar surface area (TPSA) is 9.23 Å². The van der Waals surface area contributed by atoms with Crippen molar-refractivity contribution in [2.75, 3.05) is 0 Å². The fourth-order valence-electron chi connectivity index (χ4n) is 0.971. The quantitative estimate of drug-likeness (QED) is 0.687. The summed E-state index contributed by atoms with van der Waals surface area (Å²) in [6.45, 7) is 3.39. The molecule has 0 spiro atoms. The summed E-state index contributed by atoms with van der Waals surface area (Å²) in [7, 11) is 0. The molecule has 1 aromatic rings. The maximum atomic E-state index is 13.0. The molecule has 0 bridgehead atoms. The van der Waals surface area contributed by atoms with Gasteiger partial charge in [-0.15, -0.1) is 0 Å². The summed E-state index contributed by atoms with van der Waals surface area (Å²) in [6, 6.07) is 1.44. The molecule has 0 saturated heterocycles. The van der Waals surface area contributed by atoms with Crippen LogP contribution in [0.1, 0.15) is 19.4 Å². The first-order chi connectivity index (χ1) is 6.50. The molecule has 0 aliphatic heterocycles. The molecule has 0 fully saturated rings. The Kier molecular flexibility index (Phi) is 3.52. The number of halogens is 3. The van der Waals surface area contributed by atoms with Gasteiger partial charge in [0.25, 0.3) is 0 Å². The zero-order valence-electron chi connectivity index (χ0n) is 7.98. The van der Waals surface area contributed by atoms with Crippen molar-refractivity contribution in [3.05, 3.63) is 35.1 Å². The predicted molar refractivity (Wildman–Crippen MR) is 46.2 cm³/mol. The standard InChI is InChI=1S/C10H11F3O/c1-6(2)14-5-7-3-8(11)4-9(12)10(7)13/h3-4,6H,5H2,1-2H3. The molecule has 0 aliphatic carbocycles. The number of hydrogen-bond donors (Lipinski definition) is 0. The summed E-state index contributed by atoms with van der Waals surface area (Å²) in [4.78, 5) is 0. The third-order valence-electron chi connectivity index (χ3n) is 1.64. The van der Waals surface area contributed by atoms with Crippen molar-refractivity contribution in [1.29, 1.82) is 0 Å².